The summed E-state index contributed by atoms with van der Waals surface area (Å²) in [6, 6.07) is 5.76. The molecule has 118 valence electrons. The highest BCUT2D eigenvalue weighted by Gasteiger charge is 2.46. The van der Waals surface area contributed by atoms with Crippen LogP contribution in [0.2, 0.25) is 0 Å². The summed E-state index contributed by atoms with van der Waals surface area (Å²) in [7, 11) is 3.21. The van der Waals surface area contributed by atoms with Crippen LogP contribution in [0.25, 0.3) is 0 Å². The second-order valence-corrected chi connectivity index (χ2v) is 6.79. The van der Waals surface area contributed by atoms with Crippen LogP contribution in [0, 0.1) is 11.3 Å². The van der Waals surface area contributed by atoms with Gasteiger partial charge < -0.3 is 14.9 Å². The van der Waals surface area contributed by atoms with Crippen LogP contribution < -0.4 is 14.9 Å². The predicted molar refractivity (Wildman–Crippen MR) is 84.5 cm³/mol. The average Bonchev–Trinajstić information content (AvgIpc) is 2.89. The van der Waals surface area contributed by atoms with Gasteiger partial charge in [-0.2, -0.15) is 5.10 Å². The zero-order chi connectivity index (χ0) is 15.9. The number of fused-ring (bicyclic) bond motifs is 1. The van der Waals surface area contributed by atoms with E-state index in [1.165, 1.54) is 0 Å². The van der Waals surface area contributed by atoms with Crippen molar-refractivity contribution >= 4 is 11.5 Å². The Hall–Kier alpha value is -2.04. The number of rotatable bonds is 3. The zero-order valence-corrected chi connectivity index (χ0v) is 13.5. The fourth-order valence-corrected chi connectivity index (χ4v) is 3.52. The molecule has 1 aliphatic carbocycles. The molecule has 1 aromatic carbocycles. The van der Waals surface area contributed by atoms with E-state index in [9.17, 15) is 4.79 Å². The number of carbonyl (C=O) groups excluding carboxylic acids is 1. The van der Waals surface area contributed by atoms with Crippen molar-refractivity contribution in [1.82, 2.24) is 5.43 Å². The number of benzene rings is 1. The van der Waals surface area contributed by atoms with Gasteiger partial charge in [-0.3, -0.25) is 4.79 Å². The maximum Gasteiger partial charge on any atom is 0.161 e. The fraction of sp³-hybridized carbons (Fsp3) is 0.529. The van der Waals surface area contributed by atoms with Crippen LogP contribution in [0.4, 0.5) is 0 Å². The third-order valence-electron chi connectivity index (χ3n) is 4.50. The van der Waals surface area contributed by atoms with Crippen LogP contribution in [-0.2, 0) is 4.79 Å². The molecular weight excluding hydrogens is 280 g/mol. The van der Waals surface area contributed by atoms with Crippen molar-refractivity contribution in [3.05, 3.63) is 23.8 Å². The number of ether oxygens (including phenoxy) is 2. The highest BCUT2D eigenvalue weighted by molar-refractivity contribution is 6.15. The third kappa shape index (κ3) is 2.45. The molecule has 1 aliphatic heterocycles. The van der Waals surface area contributed by atoms with Gasteiger partial charge in [-0.05, 0) is 30.0 Å². The number of hydrogen-bond acceptors (Lipinski definition) is 5. The molecule has 1 saturated carbocycles. The van der Waals surface area contributed by atoms with Gasteiger partial charge in [0.15, 0.2) is 11.5 Å². The van der Waals surface area contributed by atoms with Gasteiger partial charge in [-0.1, -0.05) is 13.8 Å². The van der Waals surface area contributed by atoms with E-state index in [-0.39, 0.29) is 23.2 Å². The van der Waals surface area contributed by atoms with Gasteiger partial charge >= 0.3 is 0 Å². The smallest absolute Gasteiger partial charge is 0.161 e. The van der Waals surface area contributed by atoms with E-state index in [2.05, 4.69) is 24.4 Å². The lowest BCUT2D eigenvalue weighted by Crippen LogP contribution is -2.45. The van der Waals surface area contributed by atoms with Gasteiger partial charge in [0.05, 0.1) is 31.9 Å². The molecule has 1 aromatic rings. The molecule has 0 spiro atoms. The van der Waals surface area contributed by atoms with Crippen LogP contribution >= 0.6 is 0 Å². The van der Waals surface area contributed by atoms with E-state index in [4.69, 9.17) is 9.47 Å². The van der Waals surface area contributed by atoms with Crippen molar-refractivity contribution in [2.75, 3.05) is 14.2 Å². The van der Waals surface area contributed by atoms with Gasteiger partial charge in [0, 0.05) is 12.0 Å². The van der Waals surface area contributed by atoms with Crippen LogP contribution in [0.5, 0.6) is 11.5 Å². The summed E-state index contributed by atoms with van der Waals surface area (Å²) < 4.78 is 10.6. The number of carbonyl (C=O) groups is 1. The maximum absolute atomic E-state index is 12.6. The Morgan fingerprint density at radius 3 is 2.64 bits per heavy atom. The molecule has 5 heteroatoms. The summed E-state index contributed by atoms with van der Waals surface area (Å²) in [5.74, 6) is 1.42. The standard InChI is InChI=1S/C17H22N2O3/c1-17(2)8-11-15(12(20)9-17)16(19-18-11)10-5-6-13(21-3)14(7-10)22-4/h5-7,11,15,18H,8-9H2,1-4H3/t11-,15-/m1/s1. The Labute approximate surface area is 130 Å². The van der Waals surface area contributed by atoms with Crippen LogP contribution in [0.1, 0.15) is 32.3 Å². The van der Waals surface area contributed by atoms with E-state index < -0.39 is 0 Å². The minimum atomic E-state index is -0.161. The molecule has 2 atom stereocenters. The molecule has 5 nitrogen and oxygen atoms in total. The average molecular weight is 302 g/mol. The normalized spacial score (nSPS) is 26.0. The Morgan fingerprint density at radius 2 is 1.95 bits per heavy atom. The van der Waals surface area contributed by atoms with Crippen molar-refractivity contribution in [2.24, 2.45) is 16.4 Å². The summed E-state index contributed by atoms with van der Waals surface area (Å²) in [6.07, 6.45) is 1.55. The Kier molecular flexibility index (Phi) is 3.59. The molecule has 0 aromatic heterocycles. The van der Waals surface area contributed by atoms with Gasteiger partial charge in [0.2, 0.25) is 0 Å². The van der Waals surface area contributed by atoms with E-state index in [0.29, 0.717) is 17.9 Å². The van der Waals surface area contributed by atoms with E-state index in [1.54, 1.807) is 14.2 Å². The summed E-state index contributed by atoms with van der Waals surface area (Å²) in [5.41, 5.74) is 4.91. The molecule has 0 bridgehead atoms. The SMILES string of the molecule is COc1ccc(C2=NN[C@@H]3CC(C)(C)CC(=O)[C@H]23)cc1OC. The lowest BCUT2D eigenvalue weighted by Gasteiger charge is -2.36. The van der Waals surface area contributed by atoms with E-state index in [1.807, 2.05) is 18.2 Å². The summed E-state index contributed by atoms with van der Waals surface area (Å²) >= 11 is 0. The van der Waals surface area contributed by atoms with Gasteiger partial charge in [-0.25, -0.2) is 0 Å². The zero-order valence-electron chi connectivity index (χ0n) is 13.5. The minimum Gasteiger partial charge on any atom is -0.493 e. The first-order valence-corrected chi connectivity index (χ1v) is 7.53. The van der Waals surface area contributed by atoms with Crippen molar-refractivity contribution in [3.63, 3.8) is 0 Å². The highest BCUT2D eigenvalue weighted by atomic mass is 16.5. The molecular formula is C17H22N2O3. The molecule has 0 saturated heterocycles. The maximum atomic E-state index is 12.6. The first-order chi connectivity index (χ1) is 10.4. The minimum absolute atomic E-state index is 0.0355. The third-order valence-corrected chi connectivity index (χ3v) is 4.50. The first-order valence-electron chi connectivity index (χ1n) is 7.53. The van der Waals surface area contributed by atoms with Crippen LogP contribution in [0.3, 0.4) is 0 Å². The van der Waals surface area contributed by atoms with Crippen LogP contribution in [0.15, 0.2) is 23.3 Å². The van der Waals surface area contributed by atoms with Crippen molar-refractivity contribution in [1.29, 1.82) is 0 Å². The second-order valence-electron chi connectivity index (χ2n) is 6.79. The molecule has 2 aliphatic rings. The topological polar surface area (TPSA) is 59.9 Å². The van der Waals surface area contributed by atoms with Crippen LogP contribution in [-0.4, -0.2) is 31.8 Å². The van der Waals surface area contributed by atoms with Crippen molar-refractivity contribution < 1.29 is 14.3 Å². The lowest BCUT2D eigenvalue weighted by atomic mass is 9.68. The Bertz CT molecular complexity index is 637. The summed E-state index contributed by atoms with van der Waals surface area (Å²) in [6.45, 7) is 4.27. The lowest BCUT2D eigenvalue weighted by molar-refractivity contribution is -0.126. The highest BCUT2D eigenvalue weighted by Crippen LogP contribution is 2.40. The molecule has 0 unspecified atom stereocenters. The molecule has 0 radical (unpaired) electrons. The number of ketones is 1. The summed E-state index contributed by atoms with van der Waals surface area (Å²) in [4.78, 5) is 12.6. The predicted octanol–water partition coefficient (Wildman–Crippen LogP) is 2.39. The number of nitrogens with one attached hydrogen (secondary N) is 1. The molecule has 3 rings (SSSR count). The van der Waals surface area contributed by atoms with Crippen molar-refractivity contribution in [2.45, 2.75) is 32.7 Å². The van der Waals surface area contributed by atoms with E-state index in [0.717, 1.165) is 17.7 Å². The largest absolute Gasteiger partial charge is 0.493 e. The fourth-order valence-electron chi connectivity index (χ4n) is 3.52. The van der Waals surface area contributed by atoms with E-state index >= 15 is 0 Å². The quantitative estimate of drug-likeness (QED) is 0.931. The Morgan fingerprint density at radius 1 is 1.23 bits per heavy atom. The summed E-state index contributed by atoms with van der Waals surface area (Å²) in [5, 5.41) is 4.45. The first kappa shape index (κ1) is 14.9. The molecule has 1 heterocycles. The molecule has 1 N–H and O–H groups in total. The number of hydrogen-bond donors (Lipinski definition) is 1. The van der Waals surface area contributed by atoms with Gasteiger partial charge in [0.1, 0.15) is 5.78 Å². The molecule has 1 fully saturated rings. The van der Waals surface area contributed by atoms with Gasteiger partial charge in [0.25, 0.3) is 0 Å². The number of Topliss-reactive ketones (excluding diaryl/α,β-unsaturated/α-hetero) is 1. The number of nitrogens with zero attached hydrogens (tertiary/aromatic N) is 1. The second kappa shape index (κ2) is 5.30. The van der Waals surface area contributed by atoms with Crippen molar-refractivity contribution in [3.8, 4) is 11.5 Å². The number of hydrazone groups is 1. The molecule has 0 amide bonds. The monoisotopic (exact) mass is 302 g/mol. The Balaban J connectivity index is 1.92. The molecule has 22 heavy (non-hydrogen) atoms. The number of methoxy groups -OCH3 is 2. The van der Waals surface area contributed by atoms with Gasteiger partial charge in [-0.15, -0.1) is 0 Å².